The second-order valence-corrected chi connectivity index (χ2v) is 5.85. The number of rotatable bonds is 5. The number of hydrogen-bond acceptors (Lipinski definition) is 5. The van der Waals surface area contributed by atoms with Crippen molar-refractivity contribution < 1.29 is 19.5 Å². The lowest BCUT2D eigenvalue weighted by Gasteiger charge is -2.23. The Kier molecular flexibility index (Phi) is 4.20. The molecule has 1 aromatic rings. The molecule has 1 saturated heterocycles. The van der Waals surface area contributed by atoms with Crippen molar-refractivity contribution in [1.29, 1.82) is 0 Å². The molecule has 1 fully saturated rings. The second-order valence-electron chi connectivity index (χ2n) is 4.90. The third-order valence-electron chi connectivity index (χ3n) is 3.14. The number of hydrogen-bond donors (Lipinski definition) is 2. The first-order valence-corrected chi connectivity index (χ1v) is 7.14. The van der Waals surface area contributed by atoms with Crippen LogP contribution in [0.25, 0.3) is 0 Å². The van der Waals surface area contributed by atoms with Crippen molar-refractivity contribution in [1.82, 2.24) is 10.2 Å². The SMILES string of the molecule is C[C@@](O)(CNC(=O)CN1C(=O)CCC1=O)c1cccs1. The van der Waals surface area contributed by atoms with Crippen molar-refractivity contribution in [2.24, 2.45) is 0 Å². The number of nitrogens with one attached hydrogen (secondary N) is 1. The van der Waals surface area contributed by atoms with Crippen LogP contribution in [0.5, 0.6) is 0 Å². The van der Waals surface area contributed by atoms with Crippen molar-refractivity contribution in [3.63, 3.8) is 0 Å². The molecule has 2 N–H and O–H groups in total. The molecule has 0 radical (unpaired) electrons. The highest BCUT2D eigenvalue weighted by Gasteiger charge is 2.31. The Balaban J connectivity index is 1.86. The molecule has 0 spiro atoms. The molecule has 2 rings (SSSR count). The minimum atomic E-state index is -1.16. The Morgan fingerprint density at radius 1 is 1.45 bits per heavy atom. The Bertz CT molecular complexity index is 508. The summed E-state index contributed by atoms with van der Waals surface area (Å²) in [6.07, 6.45) is 0.331. The number of likely N-dealkylation sites (tertiary alicyclic amines) is 1. The van der Waals surface area contributed by atoms with Crippen LogP contribution in [-0.4, -0.2) is 40.8 Å². The summed E-state index contributed by atoms with van der Waals surface area (Å²) in [5.74, 6) is -1.10. The first-order chi connectivity index (χ1) is 9.40. The Morgan fingerprint density at radius 2 is 2.10 bits per heavy atom. The smallest absolute Gasteiger partial charge is 0.240 e. The first-order valence-electron chi connectivity index (χ1n) is 6.26. The number of nitrogens with zero attached hydrogens (tertiary/aromatic N) is 1. The molecule has 2 heterocycles. The first kappa shape index (κ1) is 14.7. The maximum Gasteiger partial charge on any atom is 0.240 e. The summed E-state index contributed by atoms with van der Waals surface area (Å²) < 4.78 is 0. The molecule has 0 bridgehead atoms. The van der Waals surface area contributed by atoms with E-state index in [4.69, 9.17) is 0 Å². The summed E-state index contributed by atoms with van der Waals surface area (Å²) in [5, 5.41) is 14.6. The highest BCUT2D eigenvalue weighted by Crippen LogP contribution is 2.24. The standard InChI is InChI=1S/C13H16N2O4S/c1-13(19,9-3-2-6-20-9)8-14-10(16)7-15-11(17)4-5-12(15)18/h2-3,6,19H,4-5,7-8H2,1H3,(H,14,16)/t13-/m1/s1. The van der Waals surface area contributed by atoms with E-state index < -0.39 is 11.5 Å². The molecule has 108 valence electrons. The van der Waals surface area contributed by atoms with Gasteiger partial charge in [-0.2, -0.15) is 0 Å². The van der Waals surface area contributed by atoms with Crippen LogP contribution in [0, 0.1) is 0 Å². The van der Waals surface area contributed by atoms with E-state index in [1.165, 1.54) is 11.3 Å². The van der Waals surface area contributed by atoms with Gasteiger partial charge in [0.1, 0.15) is 12.1 Å². The number of carbonyl (C=O) groups is 3. The van der Waals surface area contributed by atoms with E-state index in [0.29, 0.717) is 0 Å². The zero-order chi connectivity index (χ0) is 14.8. The number of imide groups is 1. The normalized spacial score (nSPS) is 18.2. The number of aliphatic hydroxyl groups is 1. The van der Waals surface area contributed by atoms with E-state index in [9.17, 15) is 19.5 Å². The Labute approximate surface area is 120 Å². The van der Waals surface area contributed by atoms with Gasteiger partial charge in [-0.25, -0.2) is 0 Å². The number of carbonyl (C=O) groups excluding carboxylic acids is 3. The van der Waals surface area contributed by atoms with Gasteiger partial charge in [0, 0.05) is 17.7 Å². The minimum absolute atomic E-state index is 0.0303. The lowest BCUT2D eigenvalue weighted by atomic mass is 10.1. The summed E-state index contributed by atoms with van der Waals surface area (Å²) in [6.45, 7) is 1.35. The van der Waals surface area contributed by atoms with Crippen LogP contribution in [-0.2, 0) is 20.0 Å². The van der Waals surface area contributed by atoms with Crippen LogP contribution in [0.15, 0.2) is 17.5 Å². The summed E-state index contributed by atoms with van der Waals surface area (Å²) in [6, 6.07) is 3.60. The topological polar surface area (TPSA) is 86.7 Å². The van der Waals surface area contributed by atoms with E-state index in [1.54, 1.807) is 13.0 Å². The molecule has 0 unspecified atom stereocenters. The van der Waals surface area contributed by atoms with Crippen molar-refractivity contribution >= 4 is 29.1 Å². The van der Waals surface area contributed by atoms with Crippen molar-refractivity contribution in [3.8, 4) is 0 Å². The van der Waals surface area contributed by atoms with Gasteiger partial charge in [0.25, 0.3) is 0 Å². The second kappa shape index (κ2) is 5.72. The molecule has 0 saturated carbocycles. The van der Waals surface area contributed by atoms with E-state index in [0.717, 1.165) is 9.78 Å². The van der Waals surface area contributed by atoms with Crippen molar-refractivity contribution in [2.75, 3.05) is 13.1 Å². The predicted molar refractivity (Wildman–Crippen MR) is 72.9 cm³/mol. The van der Waals surface area contributed by atoms with Crippen LogP contribution >= 0.6 is 11.3 Å². The molecule has 1 aliphatic heterocycles. The van der Waals surface area contributed by atoms with Crippen molar-refractivity contribution in [3.05, 3.63) is 22.4 Å². The fourth-order valence-corrected chi connectivity index (χ4v) is 2.73. The van der Waals surface area contributed by atoms with E-state index in [1.807, 2.05) is 11.4 Å². The van der Waals surface area contributed by atoms with Gasteiger partial charge in [-0.15, -0.1) is 11.3 Å². The molecule has 3 amide bonds. The maximum atomic E-state index is 11.7. The van der Waals surface area contributed by atoms with E-state index in [2.05, 4.69) is 5.32 Å². The van der Waals surface area contributed by atoms with E-state index >= 15 is 0 Å². The predicted octanol–water partition coefficient (Wildman–Crippen LogP) is 0.221. The van der Waals surface area contributed by atoms with Gasteiger partial charge in [-0.05, 0) is 18.4 Å². The minimum Gasteiger partial charge on any atom is -0.383 e. The molecule has 7 heteroatoms. The zero-order valence-electron chi connectivity index (χ0n) is 11.1. The fraction of sp³-hybridized carbons (Fsp3) is 0.462. The Hall–Kier alpha value is -1.73. The lowest BCUT2D eigenvalue weighted by Crippen LogP contribution is -2.44. The highest BCUT2D eigenvalue weighted by molar-refractivity contribution is 7.10. The zero-order valence-corrected chi connectivity index (χ0v) is 11.9. The third kappa shape index (κ3) is 3.23. The third-order valence-corrected chi connectivity index (χ3v) is 4.26. The lowest BCUT2D eigenvalue weighted by molar-refractivity contribution is -0.142. The average molecular weight is 296 g/mol. The van der Waals surface area contributed by atoms with Crippen LogP contribution in [0.1, 0.15) is 24.6 Å². The monoisotopic (exact) mass is 296 g/mol. The van der Waals surface area contributed by atoms with Crippen LogP contribution in [0.3, 0.4) is 0 Å². The van der Waals surface area contributed by atoms with Crippen LogP contribution < -0.4 is 5.32 Å². The van der Waals surface area contributed by atoms with Gasteiger partial charge in [0.2, 0.25) is 17.7 Å². The summed E-state index contributed by atoms with van der Waals surface area (Å²) in [5.41, 5.74) is -1.16. The molecule has 0 aliphatic carbocycles. The molecular formula is C13H16N2O4S. The summed E-state index contributed by atoms with van der Waals surface area (Å²) in [4.78, 5) is 36.2. The summed E-state index contributed by atoms with van der Waals surface area (Å²) >= 11 is 1.40. The van der Waals surface area contributed by atoms with Crippen LogP contribution in [0.2, 0.25) is 0 Å². The molecule has 1 aliphatic rings. The molecule has 1 aromatic heterocycles. The number of amides is 3. The summed E-state index contributed by atoms with van der Waals surface area (Å²) in [7, 11) is 0. The molecule has 20 heavy (non-hydrogen) atoms. The van der Waals surface area contributed by atoms with Gasteiger partial charge in [-0.1, -0.05) is 6.07 Å². The maximum absolute atomic E-state index is 11.7. The van der Waals surface area contributed by atoms with Gasteiger partial charge in [0.15, 0.2) is 0 Å². The van der Waals surface area contributed by atoms with Gasteiger partial charge in [0.05, 0.1) is 6.54 Å². The number of thiophene rings is 1. The highest BCUT2D eigenvalue weighted by atomic mass is 32.1. The molecule has 6 nitrogen and oxygen atoms in total. The largest absolute Gasteiger partial charge is 0.383 e. The van der Waals surface area contributed by atoms with Gasteiger partial charge >= 0.3 is 0 Å². The molecule has 1 atom stereocenters. The van der Waals surface area contributed by atoms with Crippen LogP contribution in [0.4, 0.5) is 0 Å². The van der Waals surface area contributed by atoms with E-state index in [-0.39, 0.29) is 37.7 Å². The molecular weight excluding hydrogens is 280 g/mol. The molecule has 0 aromatic carbocycles. The van der Waals surface area contributed by atoms with Gasteiger partial charge < -0.3 is 10.4 Å². The quantitative estimate of drug-likeness (QED) is 0.761. The van der Waals surface area contributed by atoms with Crippen molar-refractivity contribution in [2.45, 2.75) is 25.4 Å². The van der Waals surface area contributed by atoms with Gasteiger partial charge in [-0.3, -0.25) is 19.3 Å². The Morgan fingerprint density at radius 3 is 2.65 bits per heavy atom. The fourth-order valence-electron chi connectivity index (χ4n) is 1.94. The average Bonchev–Trinajstić information content (AvgIpc) is 3.02.